The molecule has 1 saturated heterocycles. The zero-order valence-electron chi connectivity index (χ0n) is 16.8. The standard InChI is InChI=1S/C21H30N4O2/c1-16-12-17(2)25(23-16)14-18-6-5-7-19(13-18)20(26)22-15-21(3,4)24-8-10-27-11-9-24/h5-7,12-13H,8-11,14-15H2,1-4H3,(H,22,26). The third kappa shape index (κ3) is 4.96. The number of carbonyl (C=O) groups is 1. The van der Waals surface area contributed by atoms with Crippen LogP contribution in [0.1, 0.15) is 41.2 Å². The first-order valence-corrected chi connectivity index (χ1v) is 9.56. The zero-order valence-corrected chi connectivity index (χ0v) is 16.8. The van der Waals surface area contributed by atoms with Crippen molar-refractivity contribution >= 4 is 5.91 Å². The Labute approximate surface area is 161 Å². The van der Waals surface area contributed by atoms with Crippen molar-refractivity contribution in [3.05, 3.63) is 52.8 Å². The fraction of sp³-hybridized carbons (Fsp3) is 0.524. The molecule has 2 heterocycles. The number of benzene rings is 1. The van der Waals surface area contributed by atoms with Gasteiger partial charge in [0, 0.05) is 36.4 Å². The van der Waals surface area contributed by atoms with Gasteiger partial charge in [-0.05, 0) is 51.5 Å². The van der Waals surface area contributed by atoms with E-state index in [1.807, 2.05) is 42.8 Å². The van der Waals surface area contributed by atoms with E-state index in [-0.39, 0.29) is 11.4 Å². The van der Waals surface area contributed by atoms with Gasteiger partial charge in [-0.25, -0.2) is 0 Å². The number of nitrogens with one attached hydrogen (secondary N) is 1. The van der Waals surface area contributed by atoms with Crippen molar-refractivity contribution in [3.8, 4) is 0 Å². The maximum absolute atomic E-state index is 12.7. The molecule has 1 aromatic heterocycles. The fourth-order valence-electron chi connectivity index (χ4n) is 3.50. The number of morpholine rings is 1. The fourth-order valence-corrected chi connectivity index (χ4v) is 3.50. The Balaban J connectivity index is 1.62. The van der Waals surface area contributed by atoms with Gasteiger partial charge in [0.1, 0.15) is 0 Å². The van der Waals surface area contributed by atoms with Crippen LogP contribution in [0.5, 0.6) is 0 Å². The summed E-state index contributed by atoms with van der Waals surface area (Å²) in [6, 6.07) is 9.84. The number of nitrogens with zero attached hydrogens (tertiary/aromatic N) is 3. The molecular weight excluding hydrogens is 340 g/mol. The number of amides is 1. The summed E-state index contributed by atoms with van der Waals surface area (Å²) in [6.07, 6.45) is 0. The molecule has 0 unspecified atom stereocenters. The molecule has 0 bridgehead atoms. The number of aryl methyl sites for hydroxylation is 2. The molecule has 27 heavy (non-hydrogen) atoms. The van der Waals surface area contributed by atoms with Crippen LogP contribution in [0.25, 0.3) is 0 Å². The van der Waals surface area contributed by atoms with Gasteiger partial charge in [-0.1, -0.05) is 12.1 Å². The molecule has 0 radical (unpaired) electrons. The summed E-state index contributed by atoms with van der Waals surface area (Å²) >= 11 is 0. The molecule has 6 heteroatoms. The summed E-state index contributed by atoms with van der Waals surface area (Å²) in [5.41, 5.74) is 3.79. The Morgan fingerprint density at radius 2 is 1.96 bits per heavy atom. The largest absolute Gasteiger partial charge is 0.379 e. The van der Waals surface area contributed by atoms with E-state index >= 15 is 0 Å². The Bertz CT molecular complexity index is 791. The van der Waals surface area contributed by atoms with E-state index in [0.717, 1.165) is 43.3 Å². The van der Waals surface area contributed by atoms with Crippen molar-refractivity contribution < 1.29 is 9.53 Å². The topological polar surface area (TPSA) is 59.4 Å². The highest BCUT2D eigenvalue weighted by Crippen LogP contribution is 2.16. The predicted octanol–water partition coefficient (Wildman–Crippen LogP) is 2.39. The van der Waals surface area contributed by atoms with Crippen molar-refractivity contribution in [3.63, 3.8) is 0 Å². The summed E-state index contributed by atoms with van der Waals surface area (Å²) in [5, 5.41) is 7.60. The van der Waals surface area contributed by atoms with Crippen LogP contribution in [0.2, 0.25) is 0 Å². The van der Waals surface area contributed by atoms with Gasteiger partial charge in [0.2, 0.25) is 0 Å². The van der Waals surface area contributed by atoms with Crippen molar-refractivity contribution in [2.45, 2.75) is 39.8 Å². The smallest absolute Gasteiger partial charge is 0.251 e. The number of rotatable bonds is 6. The van der Waals surface area contributed by atoms with Gasteiger partial charge >= 0.3 is 0 Å². The summed E-state index contributed by atoms with van der Waals surface area (Å²) in [6.45, 7) is 13.0. The molecule has 6 nitrogen and oxygen atoms in total. The van der Waals surface area contributed by atoms with E-state index in [1.165, 1.54) is 0 Å². The second-order valence-electron chi connectivity index (χ2n) is 7.88. The molecule has 3 rings (SSSR count). The number of hydrogen-bond acceptors (Lipinski definition) is 4. The lowest BCUT2D eigenvalue weighted by atomic mass is 10.0. The van der Waals surface area contributed by atoms with Gasteiger partial charge in [-0.15, -0.1) is 0 Å². The third-order valence-electron chi connectivity index (χ3n) is 5.17. The van der Waals surface area contributed by atoms with Crippen molar-refractivity contribution in [2.75, 3.05) is 32.8 Å². The van der Waals surface area contributed by atoms with Crippen LogP contribution in [-0.2, 0) is 11.3 Å². The van der Waals surface area contributed by atoms with E-state index in [0.29, 0.717) is 18.7 Å². The van der Waals surface area contributed by atoms with Gasteiger partial charge < -0.3 is 10.1 Å². The molecular formula is C21H30N4O2. The quantitative estimate of drug-likeness (QED) is 0.848. The highest BCUT2D eigenvalue weighted by molar-refractivity contribution is 5.94. The second-order valence-corrected chi connectivity index (χ2v) is 7.88. The van der Waals surface area contributed by atoms with Crippen LogP contribution >= 0.6 is 0 Å². The summed E-state index contributed by atoms with van der Waals surface area (Å²) in [7, 11) is 0. The molecule has 0 spiro atoms. The van der Waals surface area contributed by atoms with E-state index in [4.69, 9.17) is 4.74 Å². The maximum atomic E-state index is 12.7. The number of carbonyl (C=O) groups excluding carboxylic acids is 1. The molecule has 1 aromatic carbocycles. The summed E-state index contributed by atoms with van der Waals surface area (Å²) < 4.78 is 7.39. The minimum absolute atomic E-state index is 0.0356. The van der Waals surface area contributed by atoms with Gasteiger partial charge in [0.15, 0.2) is 0 Å². The minimum atomic E-state index is -0.0965. The van der Waals surface area contributed by atoms with Gasteiger partial charge in [0.05, 0.1) is 25.5 Å². The lowest BCUT2D eigenvalue weighted by Crippen LogP contribution is -2.55. The second kappa shape index (κ2) is 8.23. The molecule has 1 aliphatic rings. The highest BCUT2D eigenvalue weighted by Gasteiger charge is 2.28. The van der Waals surface area contributed by atoms with Crippen LogP contribution in [-0.4, -0.2) is 59.0 Å². The van der Waals surface area contributed by atoms with Crippen LogP contribution < -0.4 is 5.32 Å². The van der Waals surface area contributed by atoms with E-state index in [9.17, 15) is 4.79 Å². The van der Waals surface area contributed by atoms with E-state index in [2.05, 4.69) is 35.2 Å². The molecule has 1 aliphatic heterocycles. The van der Waals surface area contributed by atoms with Gasteiger partial charge in [-0.2, -0.15) is 5.10 Å². The Morgan fingerprint density at radius 1 is 1.22 bits per heavy atom. The lowest BCUT2D eigenvalue weighted by Gasteiger charge is -2.40. The normalized spacial score (nSPS) is 15.7. The average molecular weight is 370 g/mol. The predicted molar refractivity (Wildman–Crippen MR) is 106 cm³/mol. The first-order chi connectivity index (χ1) is 12.8. The SMILES string of the molecule is Cc1cc(C)n(Cc2cccc(C(=O)NCC(C)(C)N3CCOCC3)c2)n1. The maximum Gasteiger partial charge on any atom is 0.251 e. The van der Waals surface area contributed by atoms with Gasteiger partial charge in [-0.3, -0.25) is 14.4 Å². The van der Waals surface area contributed by atoms with E-state index in [1.54, 1.807) is 0 Å². The molecule has 0 aliphatic carbocycles. The number of hydrogen-bond donors (Lipinski definition) is 1. The third-order valence-corrected chi connectivity index (χ3v) is 5.17. The van der Waals surface area contributed by atoms with Gasteiger partial charge in [0.25, 0.3) is 5.91 Å². The molecule has 1 N–H and O–H groups in total. The van der Waals surface area contributed by atoms with E-state index < -0.39 is 0 Å². The van der Waals surface area contributed by atoms with Crippen molar-refractivity contribution in [1.29, 1.82) is 0 Å². The zero-order chi connectivity index (χ0) is 19.4. The monoisotopic (exact) mass is 370 g/mol. The number of ether oxygens (including phenoxy) is 1. The summed E-state index contributed by atoms with van der Waals surface area (Å²) in [4.78, 5) is 15.0. The molecule has 146 valence electrons. The minimum Gasteiger partial charge on any atom is -0.379 e. The average Bonchev–Trinajstić information content (AvgIpc) is 2.97. The molecule has 0 saturated carbocycles. The molecule has 0 atom stereocenters. The summed E-state index contributed by atoms with van der Waals surface area (Å²) in [5.74, 6) is -0.0356. The first-order valence-electron chi connectivity index (χ1n) is 9.56. The van der Waals surface area contributed by atoms with Crippen LogP contribution in [0.3, 0.4) is 0 Å². The van der Waals surface area contributed by atoms with Crippen LogP contribution in [0, 0.1) is 13.8 Å². The Kier molecular flexibility index (Phi) is 5.97. The van der Waals surface area contributed by atoms with Crippen molar-refractivity contribution in [1.82, 2.24) is 20.0 Å². The molecule has 1 amide bonds. The van der Waals surface area contributed by atoms with Crippen LogP contribution in [0.15, 0.2) is 30.3 Å². The lowest BCUT2D eigenvalue weighted by molar-refractivity contribution is -0.00923. The first kappa shape index (κ1) is 19.6. The number of aromatic nitrogens is 2. The molecule has 1 fully saturated rings. The van der Waals surface area contributed by atoms with Crippen LogP contribution in [0.4, 0.5) is 0 Å². The highest BCUT2D eigenvalue weighted by atomic mass is 16.5. The Hall–Kier alpha value is -2.18. The van der Waals surface area contributed by atoms with Crippen molar-refractivity contribution in [2.24, 2.45) is 0 Å². The molecule has 2 aromatic rings. The Morgan fingerprint density at radius 3 is 2.63 bits per heavy atom.